The quantitative estimate of drug-likeness (QED) is 0.846. The van der Waals surface area contributed by atoms with Gasteiger partial charge in [-0.1, -0.05) is 17.7 Å². The minimum absolute atomic E-state index is 0.180. The molecule has 2 aromatic carbocycles. The predicted octanol–water partition coefficient (Wildman–Crippen LogP) is 3.65. The van der Waals surface area contributed by atoms with Crippen molar-refractivity contribution in [2.24, 2.45) is 0 Å². The van der Waals surface area contributed by atoms with Gasteiger partial charge in [-0.15, -0.1) is 0 Å². The van der Waals surface area contributed by atoms with E-state index in [9.17, 15) is 8.42 Å². The molecule has 112 valence electrons. The van der Waals surface area contributed by atoms with Crippen molar-refractivity contribution in [2.75, 3.05) is 10.5 Å². The molecule has 0 heterocycles. The summed E-state index contributed by atoms with van der Waals surface area (Å²) in [5, 5.41) is 0.510. The first-order valence-corrected chi connectivity index (χ1v) is 8.23. The summed E-state index contributed by atoms with van der Waals surface area (Å²) in [7, 11) is -3.72. The molecule has 0 spiro atoms. The number of halogens is 1. The zero-order valence-electron chi connectivity index (χ0n) is 12.1. The number of nitrogens with two attached hydrogens (primary N) is 1. The van der Waals surface area contributed by atoms with Crippen molar-refractivity contribution in [2.45, 2.75) is 25.7 Å². The van der Waals surface area contributed by atoms with Gasteiger partial charge in [-0.3, -0.25) is 4.72 Å². The van der Waals surface area contributed by atoms with E-state index in [1.165, 1.54) is 6.07 Å². The van der Waals surface area contributed by atoms with Crippen molar-refractivity contribution in [1.82, 2.24) is 0 Å². The summed E-state index contributed by atoms with van der Waals surface area (Å²) in [6.07, 6.45) is 0. The molecule has 21 heavy (non-hydrogen) atoms. The first kappa shape index (κ1) is 15.7. The molecule has 0 radical (unpaired) electrons. The molecule has 6 heteroatoms. The van der Waals surface area contributed by atoms with Gasteiger partial charge < -0.3 is 5.73 Å². The van der Waals surface area contributed by atoms with Crippen LogP contribution in [0.3, 0.4) is 0 Å². The average Bonchev–Trinajstić information content (AvgIpc) is 2.39. The van der Waals surface area contributed by atoms with E-state index in [2.05, 4.69) is 4.72 Å². The molecule has 0 saturated carbocycles. The van der Waals surface area contributed by atoms with Gasteiger partial charge in [-0.25, -0.2) is 8.42 Å². The Morgan fingerprint density at radius 2 is 1.76 bits per heavy atom. The maximum Gasteiger partial charge on any atom is 0.262 e. The van der Waals surface area contributed by atoms with Crippen LogP contribution in [0.1, 0.15) is 16.7 Å². The molecule has 0 aliphatic carbocycles. The fourth-order valence-corrected chi connectivity index (χ4v) is 3.70. The molecule has 0 unspecified atom stereocenters. The molecule has 0 aromatic heterocycles. The van der Waals surface area contributed by atoms with Gasteiger partial charge in [0, 0.05) is 10.7 Å². The average molecular weight is 325 g/mol. The summed E-state index contributed by atoms with van der Waals surface area (Å²) in [6, 6.07) is 8.30. The van der Waals surface area contributed by atoms with Crippen LogP contribution in [0.5, 0.6) is 0 Å². The number of anilines is 2. The molecular weight excluding hydrogens is 308 g/mol. The fourth-order valence-electron chi connectivity index (χ4n) is 2.05. The van der Waals surface area contributed by atoms with Gasteiger partial charge in [0.05, 0.1) is 10.6 Å². The van der Waals surface area contributed by atoms with Crippen molar-refractivity contribution in [3.63, 3.8) is 0 Å². The third-order valence-corrected chi connectivity index (χ3v) is 5.34. The summed E-state index contributed by atoms with van der Waals surface area (Å²) < 4.78 is 27.7. The van der Waals surface area contributed by atoms with Crippen LogP contribution < -0.4 is 10.5 Å². The minimum atomic E-state index is -3.72. The van der Waals surface area contributed by atoms with E-state index in [4.69, 9.17) is 17.3 Å². The number of rotatable bonds is 3. The van der Waals surface area contributed by atoms with E-state index in [1.54, 1.807) is 38.1 Å². The minimum Gasteiger partial charge on any atom is -0.399 e. The third kappa shape index (κ3) is 3.14. The van der Waals surface area contributed by atoms with Gasteiger partial charge in [0.15, 0.2) is 0 Å². The second-order valence-electron chi connectivity index (χ2n) is 4.98. The Bertz CT molecular complexity index is 802. The molecule has 4 nitrogen and oxygen atoms in total. The van der Waals surface area contributed by atoms with Crippen molar-refractivity contribution in [3.05, 3.63) is 52.0 Å². The first-order valence-electron chi connectivity index (χ1n) is 6.37. The highest BCUT2D eigenvalue weighted by molar-refractivity contribution is 7.92. The normalized spacial score (nSPS) is 11.4. The zero-order chi connectivity index (χ0) is 15.8. The summed E-state index contributed by atoms with van der Waals surface area (Å²) in [5.74, 6) is 0. The van der Waals surface area contributed by atoms with Gasteiger partial charge in [0.25, 0.3) is 10.0 Å². The van der Waals surface area contributed by atoms with Gasteiger partial charge in [-0.2, -0.15) is 0 Å². The Balaban J connectivity index is 2.51. The largest absolute Gasteiger partial charge is 0.399 e. The molecule has 0 atom stereocenters. The van der Waals surface area contributed by atoms with Crippen molar-refractivity contribution in [1.29, 1.82) is 0 Å². The Morgan fingerprint density at radius 1 is 1.10 bits per heavy atom. The second kappa shape index (κ2) is 5.58. The standard InChI is InChI=1S/C15H17ClN2O2S/c1-9-7-12(17)8-15(10(9)2)21(19,20)18-14-6-4-5-13(16)11(14)3/h4-8,18H,17H2,1-3H3. The molecule has 0 aliphatic rings. The topological polar surface area (TPSA) is 72.2 Å². The van der Waals surface area contributed by atoms with Crippen LogP contribution in [0, 0.1) is 20.8 Å². The van der Waals surface area contributed by atoms with Crippen LogP contribution in [0.2, 0.25) is 5.02 Å². The second-order valence-corrected chi connectivity index (χ2v) is 7.04. The lowest BCUT2D eigenvalue weighted by Crippen LogP contribution is -2.16. The van der Waals surface area contributed by atoms with E-state index in [0.29, 0.717) is 27.5 Å². The smallest absolute Gasteiger partial charge is 0.262 e. The summed E-state index contributed by atoms with van der Waals surface area (Å²) in [5.41, 5.74) is 8.83. The summed E-state index contributed by atoms with van der Waals surface area (Å²) in [6.45, 7) is 5.35. The Morgan fingerprint density at radius 3 is 2.43 bits per heavy atom. The van der Waals surface area contributed by atoms with Gasteiger partial charge in [-0.05, 0) is 61.7 Å². The number of nitrogen functional groups attached to an aromatic ring is 1. The molecule has 0 fully saturated rings. The lowest BCUT2D eigenvalue weighted by atomic mass is 10.1. The lowest BCUT2D eigenvalue weighted by molar-refractivity contribution is 0.600. The summed E-state index contributed by atoms with van der Waals surface area (Å²) in [4.78, 5) is 0.180. The molecular formula is C15H17ClN2O2S. The highest BCUT2D eigenvalue weighted by atomic mass is 35.5. The number of benzene rings is 2. The number of sulfonamides is 1. The van der Waals surface area contributed by atoms with Crippen molar-refractivity contribution in [3.8, 4) is 0 Å². The van der Waals surface area contributed by atoms with Crippen molar-refractivity contribution < 1.29 is 8.42 Å². The Kier molecular flexibility index (Phi) is 4.16. The Labute approximate surface area is 130 Å². The Hall–Kier alpha value is -1.72. The third-order valence-electron chi connectivity index (χ3n) is 3.44. The van der Waals surface area contributed by atoms with Crippen LogP contribution in [0.4, 0.5) is 11.4 Å². The van der Waals surface area contributed by atoms with E-state index < -0.39 is 10.0 Å². The van der Waals surface area contributed by atoms with Gasteiger partial charge >= 0.3 is 0 Å². The molecule has 2 rings (SSSR count). The first-order chi connectivity index (χ1) is 9.72. The summed E-state index contributed by atoms with van der Waals surface area (Å²) >= 11 is 6.02. The lowest BCUT2D eigenvalue weighted by Gasteiger charge is -2.14. The van der Waals surface area contributed by atoms with E-state index >= 15 is 0 Å². The predicted molar refractivity (Wildman–Crippen MR) is 87.3 cm³/mol. The zero-order valence-corrected chi connectivity index (χ0v) is 13.6. The molecule has 0 aliphatic heterocycles. The SMILES string of the molecule is Cc1cc(N)cc(S(=O)(=O)Nc2cccc(Cl)c2C)c1C. The number of hydrogen-bond acceptors (Lipinski definition) is 3. The molecule has 0 saturated heterocycles. The molecule has 0 bridgehead atoms. The molecule has 3 N–H and O–H groups in total. The highest BCUT2D eigenvalue weighted by Crippen LogP contribution is 2.28. The van der Waals surface area contributed by atoms with Crippen LogP contribution >= 0.6 is 11.6 Å². The molecule has 0 amide bonds. The van der Waals surface area contributed by atoms with Gasteiger partial charge in [0.1, 0.15) is 0 Å². The molecule has 2 aromatic rings. The maximum atomic E-state index is 12.6. The van der Waals surface area contributed by atoms with Crippen LogP contribution in [-0.2, 0) is 10.0 Å². The van der Waals surface area contributed by atoms with Crippen LogP contribution in [0.25, 0.3) is 0 Å². The van der Waals surface area contributed by atoms with Crippen LogP contribution in [-0.4, -0.2) is 8.42 Å². The van der Waals surface area contributed by atoms with Crippen molar-refractivity contribution >= 4 is 33.0 Å². The number of hydrogen-bond donors (Lipinski definition) is 2. The maximum absolute atomic E-state index is 12.6. The number of nitrogens with one attached hydrogen (secondary N) is 1. The monoisotopic (exact) mass is 324 g/mol. The highest BCUT2D eigenvalue weighted by Gasteiger charge is 2.20. The van der Waals surface area contributed by atoms with E-state index in [0.717, 1.165) is 5.56 Å². The van der Waals surface area contributed by atoms with E-state index in [-0.39, 0.29) is 4.90 Å². The van der Waals surface area contributed by atoms with Crippen LogP contribution in [0.15, 0.2) is 35.2 Å². The van der Waals surface area contributed by atoms with Gasteiger partial charge in [0.2, 0.25) is 0 Å². The fraction of sp³-hybridized carbons (Fsp3) is 0.200. The number of aryl methyl sites for hydroxylation is 1. The van der Waals surface area contributed by atoms with E-state index in [1.807, 2.05) is 6.92 Å².